The first-order valence-corrected chi connectivity index (χ1v) is 5.68. The molecule has 0 aromatic heterocycles. The van der Waals surface area contributed by atoms with Gasteiger partial charge >= 0.3 is 0 Å². The van der Waals surface area contributed by atoms with Crippen LogP contribution in [-0.4, -0.2) is 19.1 Å². The van der Waals surface area contributed by atoms with Crippen LogP contribution >= 0.6 is 0 Å². The predicted octanol–water partition coefficient (Wildman–Crippen LogP) is 3.20. The topological polar surface area (TPSA) is 30.8 Å². The maximum absolute atomic E-state index is 5.38. The smallest absolute Gasteiger partial charge is 0.223 e. The summed E-state index contributed by atoms with van der Waals surface area (Å²) in [4.78, 5) is 5.14. The number of rotatable bonds is 7. The van der Waals surface area contributed by atoms with E-state index >= 15 is 0 Å². The van der Waals surface area contributed by atoms with Gasteiger partial charge in [0.05, 0.1) is 12.8 Å². The molecule has 0 aliphatic heterocycles. The van der Waals surface area contributed by atoms with Gasteiger partial charge < -0.3 is 9.57 Å². The molecule has 1 unspecified atom stereocenters. The van der Waals surface area contributed by atoms with Crippen molar-refractivity contribution in [3.63, 3.8) is 0 Å². The molecule has 16 heavy (non-hydrogen) atoms. The van der Waals surface area contributed by atoms with Gasteiger partial charge in [0, 0.05) is 6.92 Å². The minimum absolute atomic E-state index is 0.286. The lowest BCUT2D eigenvalue weighted by Crippen LogP contribution is -2.10. The molecule has 1 rings (SSSR count). The second-order valence-electron chi connectivity index (χ2n) is 3.54. The third-order valence-electron chi connectivity index (χ3n) is 2.06. The molecule has 0 radical (unpaired) electrons. The number of unbranched alkanes of at least 4 members (excludes halogenated alkanes) is 1. The van der Waals surface area contributed by atoms with Crippen molar-refractivity contribution in [2.24, 2.45) is 5.16 Å². The van der Waals surface area contributed by atoms with E-state index in [-0.39, 0.29) is 6.29 Å². The Bertz CT molecular complexity index is 298. The number of nitrogens with zero attached hydrogens (tertiary/aromatic N) is 1. The molecule has 0 heterocycles. The number of oxime groups is 1. The highest BCUT2D eigenvalue weighted by atomic mass is 16.8. The Morgan fingerprint density at radius 3 is 2.75 bits per heavy atom. The molecular weight excluding hydrogens is 202 g/mol. The zero-order chi connectivity index (χ0) is 11.6. The first-order valence-electron chi connectivity index (χ1n) is 5.68. The van der Waals surface area contributed by atoms with Crippen LogP contribution in [0.2, 0.25) is 0 Å². The highest BCUT2D eigenvalue weighted by Crippen LogP contribution is 1.99. The first-order chi connectivity index (χ1) is 7.83. The molecule has 0 aliphatic carbocycles. The third kappa shape index (κ3) is 5.51. The second kappa shape index (κ2) is 7.88. The Balaban J connectivity index is 2.21. The molecular formula is C13H19NO2. The van der Waals surface area contributed by atoms with Crippen LogP contribution in [0, 0.1) is 0 Å². The number of benzene rings is 1. The van der Waals surface area contributed by atoms with E-state index in [9.17, 15) is 0 Å². The van der Waals surface area contributed by atoms with Crippen molar-refractivity contribution in [2.45, 2.75) is 33.0 Å². The zero-order valence-corrected chi connectivity index (χ0v) is 9.93. The maximum atomic E-state index is 5.38. The minimum Gasteiger partial charge on any atom is -0.364 e. The molecule has 1 atom stereocenters. The Kier molecular flexibility index (Phi) is 6.26. The molecule has 3 nitrogen and oxygen atoms in total. The van der Waals surface area contributed by atoms with Gasteiger partial charge in [-0.25, -0.2) is 0 Å². The Labute approximate surface area is 97.1 Å². The van der Waals surface area contributed by atoms with Crippen molar-refractivity contribution >= 4 is 6.21 Å². The summed E-state index contributed by atoms with van der Waals surface area (Å²) in [5, 5.41) is 3.87. The van der Waals surface area contributed by atoms with E-state index in [0.29, 0.717) is 0 Å². The van der Waals surface area contributed by atoms with Gasteiger partial charge in [-0.05, 0) is 12.0 Å². The lowest BCUT2D eigenvalue weighted by molar-refractivity contribution is -0.130. The van der Waals surface area contributed by atoms with Crippen molar-refractivity contribution in [3.8, 4) is 0 Å². The largest absolute Gasteiger partial charge is 0.364 e. The number of ether oxygens (including phenoxy) is 1. The molecule has 1 aromatic rings. The Morgan fingerprint density at radius 1 is 1.31 bits per heavy atom. The fraction of sp³-hybridized carbons (Fsp3) is 0.462. The van der Waals surface area contributed by atoms with Crippen molar-refractivity contribution in [1.29, 1.82) is 0 Å². The SMILES string of the molecule is CCCCOC(C)O/N=C/c1ccccc1. The first kappa shape index (κ1) is 12.7. The van der Waals surface area contributed by atoms with Crippen LogP contribution in [0.5, 0.6) is 0 Å². The molecule has 0 saturated carbocycles. The van der Waals surface area contributed by atoms with Crippen LogP contribution in [0.1, 0.15) is 32.3 Å². The van der Waals surface area contributed by atoms with Gasteiger partial charge in [0.15, 0.2) is 0 Å². The van der Waals surface area contributed by atoms with Crippen LogP contribution in [0.4, 0.5) is 0 Å². The van der Waals surface area contributed by atoms with Gasteiger partial charge in [-0.1, -0.05) is 48.8 Å². The molecule has 0 saturated heterocycles. The number of hydrogen-bond donors (Lipinski definition) is 0. The fourth-order valence-electron chi connectivity index (χ4n) is 1.14. The summed E-state index contributed by atoms with van der Waals surface area (Å²) in [5.41, 5.74) is 1.02. The molecule has 0 aliphatic rings. The minimum atomic E-state index is -0.286. The van der Waals surface area contributed by atoms with Gasteiger partial charge in [0.25, 0.3) is 0 Å². The molecule has 0 fully saturated rings. The fourth-order valence-corrected chi connectivity index (χ4v) is 1.14. The van der Waals surface area contributed by atoms with E-state index < -0.39 is 0 Å². The number of hydrogen-bond acceptors (Lipinski definition) is 3. The van der Waals surface area contributed by atoms with Gasteiger partial charge in [-0.15, -0.1) is 0 Å². The van der Waals surface area contributed by atoms with Crippen LogP contribution in [0.25, 0.3) is 0 Å². The average molecular weight is 221 g/mol. The van der Waals surface area contributed by atoms with E-state index in [4.69, 9.17) is 9.57 Å². The molecule has 1 aromatic carbocycles. The van der Waals surface area contributed by atoms with Crippen LogP contribution in [0.3, 0.4) is 0 Å². The van der Waals surface area contributed by atoms with Crippen LogP contribution in [0.15, 0.2) is 35.5 Å². The lowest BCUT2D eigenvalue weighted by Gasteiger charge is -2.09. The van der Waals surface area contributed by atoms with E-state index in [1.165, 1.54) is 0 Å². The van der Waals surface area contributed by atoms with Crippen molar-refractivity contribution in [1.82, 2.24) is 0 Å². The van der Waals surface area contributed by atoms with E-state index in [1.807, 2.05) is 37.3 Å². The second-order valence-corrected chi connectivity index (χ2v) is 3.54. The molecule has 0 bridgehead atoms. The molecule has 0 N–H and O–H groups in total. The summed E-state index contributed by atoms with van der Waals surface area (Å²) in [6.07, 6.45) is 3.57. The third-order valence-corrected chi connectivity index (χ3v) is 2.06. The highest BCUT2D eigenvalue weighted by molar-refractivity contribution is 5.78. The maximum Gasteiger partial charge on any atom is 0.223 e. The standard InChI is InChI=1S/C13H19NO2/c1-3-4-10-15-12(2)16-14-11-13-8-6-5-7-9-13/h5-9,11-12H,3-4,10H2,1-2H3/b14-11+. The zero-order valence-electron chi connectivity index (χ0n) is 9.93. The molecule has 0 spiro atoms. The van der Waals surface area contributed by atoms with Crippen LogP contribution in [-0.2, 0) is 9.57 Å². The van der Waals surface area contributed by atoms with Crippen molar-refractivity contribution in [2.75, 3.05) is 6.61 Å². The lowest BCUT2D eigenvalue weighted by atomic mass is 10.2. The normalized spacial score (nSPS) is 12.9. The Morgan fingerprint density at radius 2 is 2.06 bits per heavy atom. The van der Waals surface area contributed by atoms with Gasteiger partial charge in [-0.2, -0.15) is 0 Å². The summed E-state index contributed by atoms with van der Waals surface area (Å²) < 4.78 is 5.38. The molecule has 88 valence electrons. The highest BCUT2D eigenvalue weighted by Gasteiger charge is 1.99. The van der Waals surface area contributed by atoms with Crippen molar-refractivity contribution < 1.29 is 9.57 Å². The van der Waals surface area contributed by atoms with Crippen molar-refractivity contribution in [3.05, 3.63) is 35.9 Å². The summed E-state index contributed by atoms with van der Waals surface area (Å²) in [6, 6.07) is 9.82. The van der Waals surface area contributed by atoms with E-state index in [2.05, 4.69) is 12.1 Å². The van der Waals surface area contributed by atoms with Gasteiger partial charge in [-0.3, -0.25) is 0 Å². The van der Waals surface area contributed by atoms with E-state index in [1.54, 1.807) is 6.21 Å². The van der Waals surface area contributed by atoms with Gasteiger partial charge in [0.1, 0.15) is 0 Å². The van der Waals surface area contributed by atoms with Gasteiger partial charge in [0.2, 0.25) is 6.29 Å². The summed E-state index contributed by atoms with van der Waals surface area (Å²) in [7, 11) is 0. The predicted molar refractivity (Wildman–Crippen MR) is 65.4 cm³/mol. The summed E-state index contributed by atoms with van der Waals surface area (Å²) in [6.45, 7) is 4.69. The Hall–Kier alpha value is -1.35. The molecule has 3 heteroatoms. The quantitative estimate of drug-likeness (QED) is 0.306. The average Bonchev–Trinajstić information content (AvgIpc) is 2.31. The monoisotopic (exact) mass is 221 g/mol. The van der Waals surface area contributed by atoms with E-state index in [0.717, 1.165) is 25.0 Å². The molecule has 0 amide bonds. The summed E-state index contributed by atoms with van der Waals surface area (Å²) in [5.74, 6) is 0. The summed E-state index contributed by atoms with van der Waals surface area (Å²) >= 11 is 0. The van der Waals surface area contributed by atoms with Crippen LogP contribution < -0.4 is 0 Å².